The highest BCUT2D eigenvalue weighted by Gasteiger charge is 2.37. The molecule has 1 aromatic rings. The van der Waals surface area contributed by atoms with E-state index in [2.05, 4.69) is 10.6 Å². The lowest BCUT2D eigenvalue weighted by Gasteiger charge is -2.28. The zero-order valence-electron chi connectivity index (χ0n) is 21.4. The molecule has 1 fully saturated rings. The molecule has 1 heterocycles. The number of likely N-dealkylation sites (tertiary alicyclic amines) is 1. The van der Waals surface area contributed by atoms with E-state index in [4.69, 9.17) is 17.2 Å². The fourth-order valence-corrected chi connectivity index (χ4v) is 4.50. The third-order valence-corrected chi connectivity index (χ3v) is 6.60. The number of unbranched alkanes of at least 4 members (excludes halogenated alkanes) is 2. The van der Waals surface area contributed by atoms with Crippen molar-refractivity contribution < 1.29 is 24.3 Å². The average molecular weight is 519 g/mol. The van der Waals surface area contributed by atoms with E-state index in [1.165, 1.54) is 4.90 Å². The van der Waals surface area contributed by atoms with Gasteiger partial charge in [-0.1, -0.05) is 36.8 Å². The molecule has 0 bridgehead atoms. The summed E-state index contributed by atoms with van der Waals surface area (Å²) in [5.74, 6) is -2.47. The molecule has 0 spiro atoms. The summed E-state index contributed by atoms with van der Waals surface area (Å²) in [4.78, 5) is 52.6. The van der Waals surface area contributed by atoms with Crippen molar-refractivity contribution in [2.75, 3.05) is 19.6 Å². The zero-order chi connectivity index (χ0) is 27.2. The molecule has 3 amide bonds. The third-order valence-electron chi connectivity index (χ3n) is 6.60. The quantitative estimate of drug-likeness (QED) is 0.163. The van der Waals surface area contributed by atoms with Gasteiger partial charge in [0.1, 0.15) is 18.1 Å². The summed E-state index contributed by atoms with van der Waals surface area (Å²) in [5, 5.41) is 15.0. The molecule has 9 N–H and O–H groups in total. The molecule has 37 heavy (non-hydrogen) atoms. The van der Waals surface area contributed by atoms with Crippen molar-refractivity contribution in [1.82, 2.24) is 15.5 Å². The largest absolute Gasteiger partial charge is 0.480 e. The van der Waals surface area contributed by atoms with E-state index in [1.807, 2.05) is 6.07 Å². The zero-order valence-corrected chi connectivity index (χ0v) is 21.4. The second-order valence-electron chi connectivity index (χ2n) is 9.52. The van der Waals surface area contributed by atoms with Gasteiger partial charge in [0.15, 0.2) is 0 Å². The summed E-state index contributed by atoms with van der Waals surface area (Å²) in [6, 6.07) is 5.45. The molecule has 0 saturated carbocycles. The summed E-state index contributed by atoms with van der Waals surface area (Å²) in [7, 11) is 0. The first-order chi connectivity index (χ1) is 17.8. The van der Waals surface area contributed by atoms with Crippen LogP contribution in [0.5, 0.6) is 0 Å². The third kappa shape index (κ3) is 9.75. The summed E-state index contributed by atoms with van der Waals surface area (Å²) in [6.07, 6.45) is 4.74. The Morgan fingerprint density at radius 3 is 2.22 bits per heavy atom. The number of rotatable bonds is 16. The number of aliphatic carboxylic acids is 1. The number of nitrogens with two attached hydrogens (primary N) is 3. The average Bonchev–Trinajstić information content (AvgIpc) is 3.38. The maximum atomic E-state index is 13.2. The van der Waals surface area contributed by atoms with Gasteiger partial charge in [0, 0.05) is 13.0 Å². The highest BCUT2D eigenvalue weighted by molar-refractivity contribution is 5.94. The first-order valence-electron chi connectivity index (χ1n) is 13.1. The highest BCUT2D eigenvalue weighted by Crippen LogP contribution is 2.20. The van der Waals surface area contributed by atoms with E-state index < -0.39 is 42.0 Å². The number of carbonyl (C=O) groups is 4. The lowest BCUT2D eigenvalue weighted by atomic mass is 10.0. The molecular formula is C26H42N6O5. The van der Waals surface area contributed by atoms with Crippen LogP contribution in [0.1, 0.15) is 56.9 Å². The lowest BCUT2D eigenvalue weighted by molar-refractivity contribution is -0.143. The molecule has 4 unspecified atom stereocenters. The highest BCUT2D eigenvalue weighted by atomic mass is 16.4. The Hall–Kier alpha value is -3.02. The molecule has 1 aliphatic heterocycles. The fraction of sp³-hybridized carbons (Fsp3) is 0.615. The van der Waals surface area contributed by atoms with Gasteiger partial charge in [-0.05, 0) is 63.6 Å². The Kier molecular flexibility index (Phi) is 13.0. The van der Waals surface area contributed by atoms with Crippen molar-refractivity contribution in [3.05, 3.63) is 35.9 Å². The number of hydrogen-bond donors (Lipinski definition) is 6. The van der Waals surface area contributed by atoms with Crippen LogP contribution < -0.4 is 27.8 Å². The van der Waals surface area contributed by atoms with Crippen LogP contribution in [0.3, 0.4) is 0 Å². The van der Waals surface area contributed by atoms with Crippen LogP contribution in [0.25, 0.3) is 0 Å². The van der Waals surface area contributed by atoms with Crippen LogP contribution in [0.15, 0.2) is 30.3 Å². The van der Waals surface area contributed by atoms with Crippen LogP contribution in [0.2, 0.25) is 0 Å². The molecule has 1 aromatic carbocycles. The predicted octanol–water partition coefficient (Wildman–Crippen LogP) is -0.140. The van der Waals surface area contributed by atoms with E-state index in [1.54, 1.807) is 24.3 Å². The van der Waals surface area contributed by atoms with Crippen molar-refractivity contribution in [3.8, 4) is 0 Å². The van der Waals surface area contributed by atoms with Gasteiger partial charge in [-0.25, -0.2) is 4.79 Å². The number of nitrogens with zero attached hydrogens (tertiary/aromatic N) is 1. The molecule has 1 saturated heterocycles. The van der Waals surface area contributed by atoms with E-state index in [0.29, 0.717) is 58.2 Å². The fourth-order valence-electron chi connectivity index (χ4n) is 4.50. The van der Waals surface area contributed by atoms with E-state index in [9.17, 15) is 24.3 Å². The van der Waals surface area contributed by atoms with E-state index in [0.717, 1.165) is 18.4 Å². The maximum absolute atomic E-state index is 13.2. The van der Waals surface area contributed by atoms with Crippen LogP contribution >= 0.6 is 0 Å². The molecule has 0 radical (unpaired) electrons. The maximum Gasteiger partial charge on any atom is 0.326 e. The predicted molar refractivity (Wildman–Crippen MR) is 140 cm³/mol. The monoisotopic (exact) mass is 518 g/mol. The minimum Gasteiger partial charge on any atom is -0.480 e. The van der Waals surface area contributed by atoms with E-state index in [-0.39, 0.29) is 12.3 Å². The van der Waals surface area contributed by atoms with Gasteiger partial charge in [-0.3, -0.25) is 14.4 Å². The number of carboxylic acid groups (broad SMARTS) is 1. The Bertz CT molecular complexity index is 883. The molecule has 0 aromatic heterocycles. The van der Waals surface area contributed by atoms with Gasteiger partial charge in [-0.15, -0.1) is 0 Å². The van der Waals surface area contributed by atoms with Gasteiger partial charge in [-0.2, -0.15) is 0 Å². The Morgan fingerprint density at radius 1 is 0.946 bits per heavy atom. The smallest absolute Gasteiger partial charge is 0.326 e. The van der Waals surface area contributed by atoms with Crippen molar-refractivity contribution >= 4 is 23.7 Å². The second-order valence-corrected chi connectivity index (χ2v) is 9.52. The first kappa shape index (κ1) is 30.2. The molecule has 206 valence electrons. The number of carboxylic acids is 1. The molecule has 0 aliphatic carbocycles. The van der Waals surface area contributed by atoms with Crippen LogP contribution in [0.4, 0.5) is 0 Å². The minimum absolute atomic E-state index is 0.109. The lowest BCUT2D eigenvalue weighted by Crippen LogP contribution is -2.56. The molecular weight excluding hydrogens is 476 g/mol. The Morgan fingerprint density at radius 2 is 1.59 bits per heavy atom. The number of benzene rings is 1. The van der Waals surface area contributed by atoms with Crippen LogP contribution in [0, 0.1) is 0 Å². The van der Waals surface area contributed by atoms with Gasteiger partial charge in [0.25, 0.3) is 0 Å². The summed E-state index contributed by atoms with van der Waals surface area (Å²) >= 11 is 0. The number of amides is 3. The summed E-state index contributed by atoms with van der Waals surface area (Å²) in [5.41, 5.74) is 18.0. The minimum atomic E-state index is -1.17. The Labute approximate surface area is 218 Å². The standard InChI is InChI=1S/C26H42N6O5/c27-14-6-4-11-19(29)25(35)32-16-8-13-22(32)24(34)30-20(12-5-7-15-28)23(33)31-21(26(36)37)17-18-9-2-1-3-10-18/h1-3,9-10,19-22H,4-8,11-17,27-29H2,(H,30,34)(H,31,33)(H,36,37). The number of hydrogen-bond acceptors (Lipinski definition) is 7. The van der Waals surface area contributed by atoms with Crippen molar-refractivity contribution in [1.29, 1.82) is 0 Å². The van der Waals surface area contributed by atoms with Crippen molar-refractivity contribution in [2.24, 2.45) is 17.2 Å². The topological polar surface area (TPSA) is 194 Å². The Balaban J connectivity index is 2.07. The molecule has 4 atom stereocenters. The van der Waals surface area contributed by atoms with Crippen molar-refractivity contribution in [2.45, 2.75) is 82.0 Å². The summed E-state index contributed by atoms with van der Waals surface area (Å²) in [6.45, 7) is 1.38. The molecule has 1 aliphatic rings. The molecule has 11 nitrogen and oxygen atoms in total. The van der Waals surface area contributed by atoms with Gasteiger partial charge >= 0.3 is 5.97 Å². The van der Waals surface area contributed by atoms with Gasteiger partial charge in [0.2, 0.25) is 17.7 Å². The summed E-state index contributed by atoms with van der Waals surface area (Å²) < 4.78 is 0. The van der Waals surface area contributed by atoms with Gasteiger partial charge in [0.05, 0.1) is 6.04 Å². The molecule has 2 rings (SSSR count). The normalized spacial score (nSPS) is 17.6. The molecule has 11 heteroatoms. The number of nitrogens with one attached hydrogen (secondary N) is 2. The van der Waals surface area contributed by atoms with Crippen molar-refractivity contribution in [3.63, 3.8) is 0 Å². The van der Waals surface area contributed by atoms with Crippen LogP contribution in [-0.4, -0.2) is 77.5 Å². The first-order valence-corrected chi connectivity index (χ1v) is 13.1. The van der Waals surface area contributed by atoms with E-state index >= 15 is 0 Å². The van der Waals surface area contributed by atoms with Gasteiger partial charge < -0.3 is 37.8 Å². The van der Waals surface area contributed by atoms with Crippen LogP contribution in [-0.2, 0) is 25.6 Å². The SMILES string of the molecule is NCCCCC(N)C(=O)N1CCCC1C(=O)NC(CCCCN)C(=O)NC(Cc1ccccc1)C(=O)O. The number of carbonyl (C=O) groups excluding carboxylic acids is 3. The second kappa shape index (κ2) is 16.0.